The third kappa shape index (κ3) is 2.43. The molecular weight excluding hydrogens is 254 g/mol. The van der Waals surface area contributed by atoms with Gasteiger partial charge in [-0.05, 0) is 19.8 Å². The van der Waals surface area contributed by atoms with Gasteiger partial charge in [-0.1, -0.05) is 6.92 Å². The zero-order chi connectivity index (χ0) is 13.4. The van der Waals surface area contributed by atoms with E-state index < -0.39 is 15.4 Å². The molecule has 1 aromatic rings. The van der Waals surface area contributed by atoms with Gasteiger partial charge < -0.3 is 11.1 Å². The van der Waals surface area contributed by atoms with Crippen LogP contribution in [0.3, 0.4) is 0 Å². The first-order chi connectivity index (χ1) is 8.36. The Bertz CT molecular complexity index is 538. The summed E-state index contributed by atoms with van der Waals surface area (Å²) in [6.45, 7) is 4.66. The highest BCUT2D eigenvalue weighted by atomic mass is 32.2. The summed E-state index contributed by atoms with van der Waals surface area (Å²) in [7, 11) is -2.99. The summed E-state index contributed by atoms with van der Waals surface area (Å²) in [5.74, 6) is 0.967. The number of nitrogens with zero attached hydrogens (tertiary/aromatic N) is 3. The van der Waals surface area contributed by atoms with Gasteiger partial charge in [0.25, 0.3) is 0 Å². The first kappa shape index (κ1) is 13.1. The number of anilines is 2. The van der Waals surface area contributed by atoms with Crippen LogP contribution in [0, 0.1) is 0 Å². The van der Waals surface area contributed by atoms with Crippen LogP contribution in [0.4, 0.5) is 11.9 Å². The van der Waals surface area contributed by atoms with Crippen molar-refractivity contribution < 1.29 is 8.42 Å². The summed E-state index contributed by atoms with van der Waals surface area (Å²) in [4.78, 5) is 4.11. The van der Waals surface area contributed by atoms with Crippen LogP contribution in [-0.2, 0) is 15.4 Å². The fourth-order valence-corrected chi connectivity index (χ4v) is 4.30. The normalized spacial score (nSPS) is 26.3. The minimum Gasteiger partial charge on any atom is -0.368 e. The largest absolute Gasteiger partial charge is 0.368 e. The Balaban J connectivity index is 2.26. The molecule has 102 valence electrons. The maximum absolute atomic E-state index is 11.6. The third-order valence-corrected chi connectivity index (χ3v) is 5.05. The molecule has 0 aromatic carbocycles. The van der Waals surface area contributed by atoms with Crippen molar-refractivity contribution in [3.63, 3.8) is 0 Å². The molecule has 1 saturated heterocycles. The number of rotatable bonds is 4. The molecule has 1 unspecified atom stereocenters. The zero-order valence-corrected chi connectivity index (χ0v) is 11.5. The minimum absolute atomic E-state index is 0.0702. The summed E-state index contributed by atoms with van der Waals surface area (Å²) in [6, 6.07) is 0. The van der Waals surface area contributed by atoms with Crippen molar-refractivity contribution in [2.45, 2.75) is 32.2 Å². The van der Waals surface area contributed by atoms with E-state index >= 15 is 0 Å². The van der Waals surface area contributed by atoms with Crippen molar-refractivity contribution >= 4 is 21.7 Å². The summed E-state index contributed by atoms with van der Waals surface area (Å²) in [5, 5.41) is 7.32. The van der Waals surface area contributed by atoms with Gasteiger partial charge in [0.2, 0.25) is 11.9 Å². The summed E-state index contributed by atoms with van der Waals surface area (Å²) >= 11 is 0. The van der Waals surface area contributed by atoms with Gasteiger partial charge in [-0.25, -0.2) is 13.1 Å². The second-order valence-corrected chi connectivity index (χ2v) is 7.16. The summed E-state index contributed by atoms with van der Waals surface area (Å²) in [6.07, 6.45) is 1.48. The lowest BCUT2D eigenvalue weighted by molar-refractivity contribution is 0.334. The Kier molecular flexibility index (Phi) is 3.22. The lowest BCUT2D eigenvalue weighted by atomic mass is 10.0. The van der Waals surface area contributed by atoms with Crippen LogP contribution < -0.4 is 11.1 Å². The highest BCUT2D eigenvalue weighted by Gasteiger charge is 2.42. The number of nitrogen functional groups attached to an aromatic ring is 1. The number of nitrogens with one attached hydrogen (secondary N) is 1. The minimum atomic E-state index is -2.99. The SMILES string of the molecule is CCCNc1nc(N)n(C2(C)CCS(=O)(=O)C2)n1. The average molecular weight is 273 g/mol. The molecule has 2 heterocycles. The van der Waals surface area contributed by atoms with Crippen molar-refractivity contribution in [2.24, 2.45) is 0 Å². The monoisotopic (exact) mass is 273 g/mol. The van der Waals surface area contributed by atoms with Crippen LogP contribution in [0.5, 0.6) is 0 Å². The first-order valence-corrected chi connectivity index (χ1v) is 7.86. The molecule has 1 fully saturated rings. The maximum Gasteiger partial charge on any atom is 0.243 e. The quantitative estimate of drug-likeness (QED) is 0.813. The predicted octanol–water partition coefficient (Wildman–Crippen LogP) is 0.216. The van der Waals surface area contributed by atoms with Crippen LogP contribution in [0.25, 0.3) is 0 Å². The fourth-order valence-electron chi connectivity index (χ4n) is 2.19. The maximum atomic E-state index is 11.6. The molecule has 0 aliphatic carbocycles. The van der Waals surface area contributed by atoms with E-state index in [-0.39, 0.29) is 17.5 Å². The standard InChI is InChI=1S/C10H19N5O2S/c1-3-5-12-9-13-8(11)15(14-9)10(2)4-6-18(16,17)7-10/h3-7H2,1-2H3,(H3,11,12,13,14). The lowest BCUT2D eigenvalue weighted by Crippen LogP contribution is -2.33. The van der Waals surface area contributed by atoms with Crippen molar-refractivity contribution in [3.05, 3.63) is 0 Å². The molecule has 0 spiro atoms. The molecule has 0 saturated carbocycles. The van der Waals surface area contributed by atoms with E-state index in [1.165, 1.54) is 4.68 Å². The highest BCUT2D eigenvalue weighted by Crippen LogP contribution is 2.31. The molecule has 1 aliphatic rings. The number of sulfone groups is 1. The van der Waals surface area contributed by atoms with Gasteiger partial charge in [-0.3, -0.25) is 0 Å². The molecule has 0 amide bonds. The van der Waals surface area contributed by atoms with E-state index in [9.17, 15) is 8.42 Å². The van der Waals surface area contributed by atoms with Gasteiger partial charge in [0.05, 0.1) is 17.0 Å². The molecule has 0 radical (unpaired) electrons. The van der Waals surface area contributed by atoms with Crippen LogP contribution in [0.15, 0.2) is 0 Å². The van der Waals surface area contributed by atoms with Gasteiger partial charge in [0.1, 0.15) is 0 Å². The second kappa shape index (κ2) is 4.42. The third-order valence-electron chi connectivity index (χ3n) is 3.16. The smallest absolute Gasteiger partial charge is 0.243 e. The molecule has 1 aromatic heterocycles. The molecule has 1 atom stereocenters. The predicted molar refractivity (Wildman–Crippen MR) is 70.1 cm³/mol. The number of hydrogen-bond acceptors (Lipinski definition) is 6. The van der Waals surface area contributed by atoms with Crippen molar-refractivity contribution in [2.75, 3.05) is 29.1 Å². The Labute approximate surface area is 107 Å². The average Bonchev–Trinajstić information content (AvgIpc) is 2.78. The molecule has 2 rings (SSSR count). The van der Waals surface area contributed by atoms with E-state index in [0.717, 1.165) is 13.0 Å². The van der Waals surface area contributed by atoms with E-state index in [4.69, 9.17) is 5.73 Å². The number of aromatic nitrogens is 3. The van der Waals surface area contributed by atoms with E-state index in [2.05, 4.69) is 15.4 Å². The Hall–Kier alpha value is -1.31. The van der Waals surface area contributed by atoms with Crippen molar-refractivity contribution in [1.29, 1.82) is 0 Å². The summed E-state index contributed by atoms with van der Waals surface area (Å²) < 4.78 is 24.7. The Morgan fingerprint density at radius 3 is 2.83 bits per heavy atom. The summed E-state index contributed by atoms with van der Waals surface area (Å²) in [5.41, 5.74) is 5.24. The van der Waals surface area contributed by atoms with Gasteiger partial charge in [0.15, 0.2) is 9.84 Å². The van der Waals surface area contributed by atoms with E-state index in [1.54, 1.807) is 0 Å². The van der Waals surface area contributed by atoms with E-state index in [1.807, 2.05) is 13.8 Å². The lowest BCUT2D eigenvalue weighted by Gasteiger charge is -2.22. The van der Waals surface area contributed by atoms with Gasteiger partial charge >= 0.3 is 0 Å². The Morgan fingerprint density at radius 1 is 1.56 bits per heavy atom. The zero-order valence-electron chi connectivity index (χ0n) is 10.7. The number of hydrogen-bond donors (Lipinski definition) is 2. The number of nitrogens with two attached hydrogens (primary N) is 1. The van der Waals surface area contributed by atoms with Gasteiger partial charge in [-0.15, -0.1) is 5.10 Å². The first-order valence-electron chi connectivity index (χ1n) is 6.04. The highest BCUT2D eigenvalue weighted by molar-refractivity contribution is 7.91. The molecule has 18 heavy (non-hydrogen) atoms. The Morgan fingerprint density at radius 2 is 2.28 bits per heavy atom. The van der Waals surface area contributed by atoms with Crippen molar-refractivity contribution in [1.82, 2.24) is 14.8 Å². The van der Waals surface area contributed by atoms with Gasteiger partial charge in [0, 0.05) is 6.54 Å². The van der Waals surface area contributed by atoms with Crippen molar-refractivity contribution in [3.8, 4) is 0 Å². The van der Waals surface area contributed by atoms with Crippen LogP contribution in [-0.4, -0.2) is 41.2 Å². The van der Waals surface area contributed by atoms with Crippen LogP contribution in [0.1, 0.15) is 26.7 Å². The molecule has 7 nitrogen and oxygen atoms in total. The molecule has 3 N–H and O–H groups in total. The topological polar surface area (TPSA) is 103 Å². The van der Waals surface area contributed by atoms with Crippen LogP contribution in [0.2, 0.25) is 0 Å². The van der Waals surface area contributed by atoms with Gasteiger partial charge in [-0.2, -0.15) is 4.98 Å². The molecule has 8 heteroatoms. The fraction of sp³-hybridized carbons (Fsp3) is 0.800. The molecule has 0 bridgehead atoms. The van der Waals surface area contributed by atoms with Crippen LogP contribution >= 0.6 is 0 Å². The van der Waals surface area contributed by atoms with E-state index in [0.29, 0.717) is 12.4 Å². The molecule has 1 aliphatic heterocycles. The second-order valence-electron chi connectivity index (χ2n) is 4.97. The molecular formula is C10H19N5O2S.